The standard InChI is InChI=1S/C28H37NO/c1-3-20-15-25-21(16-27(20)30-18-19-7-5-4-6-8-19)9-11-24-23(25)13-14-28(2)22(17-29)10-12-26(24)28/h4-8,15-16,22-24,26H,3,9-14,17-18,29H2,1-2H3/t22-,23+,24-,26+,28-/m1/s1. The van der Waals surface area contributed by atoms with Crippen molar-refractivity contribution in [3.05, 3.63) is 64.7 Å². The molecule has 3 aliphatic carbocycles. The summed E-state index contributed by atoms with van der Waals surface area (Å²) in [5, 5.41) is 0. The Morgan fingerprint density at radius 3 is 2.67 bits per heavy atom. The summed E-state index contributed by atoms with van der Waals surface area (Å²) in [6.45, 7) is 6.35. The first-order valence-electron chi connectivity index (χ1n) is 12.2. The molecule has 0 aromatic heterocycles. The van der Waals surface area contributed by atoms with Crippen LogP contribution in [0, 0.1) is 23.2 Å². The highest BCUT2D eigenvalue weighted by Gasteiger charge is 2.54. The third-order valence-corrected chi connectivity index (χ3v) is 9.00. The molecule has 30 heavy (non-hydrogen) atoms. The van der Waals surface area contributed by atoms with Crippen molar-refractivity contribution in [1.29, 1.82) is 0 Å². The molecule has 0 unspecified atom stereocenters. The molecule has 2 fully saturated rings. The summed E-state index contributed by atoms with van der Waals surface area (Å²) in [5.41, 5.74) is 12.5. The average molecular weight is 404 g/mol. The molecule has 0 heterocycles. The van der Waals surface area contributed by atoms with E-state index >= 15 is 0 Å². The maximum absolute atomic E-state index is 6.32. The monoisotopic (exact) mass is 403 g/mol. The van der Waals surface area contributed by atoms with E-state index in [1.54, 1.807) is 11.1 Å². The van der Waals surface area contributed by atoms with E-state index in [2.05, 4.69) is 56.3 Å². The van der Waals surface area contributed by atoms with Gasteiger partial charge in [0.2, 0.25) is 0 Å². The van der Waals surface area contributed by atoms with Crippen LogP contribution in [0.2, 0.25) is 0 Å². The van der Waals surface area contributed by atoms with Crippen LogP contribution < -0.4 is 10.5 Å². The van der Waals surface area contributed by atoms with Crippen molar-refractivity contribution in [3.63, 3.8) is 0 Å². The van der Waals surface area contributed by atoms with Gasteiger partial charge in [0.25, 0.3) is 0 Å². The lowest BCUT2D eigenvalue weighted by molar-refractivity contribution is 0.0309. The first kappa shape index (κ1) is 20.1. The molecular formula is C28H37NO. The van der Waals surface area contributed by atoms with E-state index in [4.69, 9.17) is 10.5 Å². The van der Waals surface area contributed by atoms with Crippen molar-refractivity contribution in [2.45, 2.75) is 71.3 Å². The predicted octanol–water partition coefficient (Wildman–Crippen LogP) is 6.26. The summed E-state index contributed by atoms with van der Waals surface area (Å²) in [6, 6.07) is 15.4. The molecule has 0 saturated heterocycles. The number of benzene rings is 2. The molecule has 0 bridgehead atoms. The Morgan fingerprint density at radius 1 is 1.07 bits per heavy atom. The maximum Gasteiger partial charge on any atom is 0.123 e. The predicted molar refractivity (Wildman–Crippen MR) is 124 cm³/mol. The molecule has 2 N–H and O–H groups in total. The van der Waals surface area contributed by atoms with Crippen LogP contribution in [0.1, 0.15) is 74.1 Å². The third-order valence-electron chi connectivity index (χ3n) is 9.00. The Labute approximate surface area is 182 Å². The number of fused-ring (bicyclic) bond motifs is 5. The highest BCUT2D eigenvalue weighted by molar-refractivity contribution is 5.46. The first-order chi connectivity index (χ1) is 14.6. The van der Waals surface area contributed by atoms with Gasteiger partial charge in [-0.05, 0) is 109 Å². The lowest BCUT2D eigenvalue weighted by Gasteiger charge is -2.51. The molecule has 0 aliphatic heterocycles. The lowest BCUT2D eigenvalue weighted by atomic mass is 9.54. The minimum atomic E-state index is 0.486. The van der Waals surface area contributed by atoms with E-state index in [0.29, 0.717) is 12.0 Å². The Morgan fingerprint density at radius 2 is 1.90 bits per heavy atom. The van der Waals surface area contributed by atoms with Gasteiger partial charge in [-0.1, -0.05) is 50.2 Å². The van der Waals surface area contributed by atoms with Crippen molar-refractivity contribution in [3.8, 4) is 5.75 Å². The lowest BCUT2D eigenvalue weighted by Crippen LogP contribution is -2.43. The Kier molecular flexibility index (Phi) is 5.39. The van der Waals surface area contributed by atoms with Gasteiger partial charge in [-0.2, -0.15) is 0 Å². The minimum absolute atomic E-state index is 0.486. The van der Waals surface area contributed by atoms with Crippen molar-refractivity contribution in [2.24, 2.45) is 28.9 Å². The highest BCUT2D eigenvalue weighted by atomic mass is 16.5. The quantitative estimate of drug-likeness (QED) is 0.639. The Bertz CT molecular complexity index is 891. The highest BCUT2D eigenvalue weighted by Crippen LogP contribution is 2.62. The molecule has 5 atom stereocenters. The minimum Gasteiger partial charge on any atom is -0.489 e. The third kappa shape index (κ3) is 3.28. The van der Waals surface area contributed by atoms with Crippen LogP contribution in [0.15, 0.2) is 42.5 Å². The Hall–Kier alpha value is -1.80. The van der Waals surface area contributed by atoms with E-state index in [1.165, 1.54) is 49.7 Å². The molecule has 0 radical (unpaired) electrons. The molecule has 2 nitrogen and oxygen atoms in total. The van der Waals surface area contributed by atoms with E-state index < -0.39 is 0 Å². The number of aryl methyl sites for hydroxylation is 2. The number of nitrogens with two attached hydrogens (primary N) is 1. The molecular weight excluding hydrogens is 366 g/mol. The number of hydrogen-bond acceptors (Lipinski definition) is 2. The number of ether oxygens (including phenoxy) is 1. The van der Waals surface area contributed by atoms with Gasteiger partial charge in [0.1, 0.15) is 12.4 Å². The molecule has 2 saturated carbocycles. The van der Waals surface area contributed by atoms with Crippen LogP contribution in [0.5, 0.6) is 5.75 Å². The molecule has 160 valence electrons. The number of rotatable bonds is 5. The molecule has 0 amide bonds. The molecule has 3 aliphatic rings. The van der Waals surface area contributed by atoms with Gasteiger partial charge < -0.3 is 10.5 Å². The van der Waals surface area contributed by atoms with Crippen LogP contribution in [-0.2, 0) is 19.4 Å². The molecule has 5 rings (SSSR count). The van der Waals surface area contributed by atoms with E-state index in [9.17, 15) is 0 Å². The second-order valence-electron chi connectivity index (χ2n) is 10.3. The zero-order valence-electron chi connectivity index (χ0n) is 18.7. The topological polar surface area (TPSA) is 35.2 Å². The van der Waals surface area contributed by atoms with Crippen LogP contribution in [0.3, 0.4) is 0 Å². The SMILES string of the molecule is CCc1cc2c(cc1OCc1ccccc1)CC[C@@H]1[C@@H]2CC[C@]2(C)[C@@H](CN)CC[C@@H]12. The largest absolute Gasteiger partial charge is 0.489 e. The summed E-state index contributed by atoms with van der Waals surface area (Å²) in [4.78, 5) is 0. The summed E-state index contributed by atoms with van der Waals surface area (Å²) >= 11 is 0. The zero-order chi connectivity index (χ0) is 20.7. The molecule has 2 aromatic rings. The smallest absolute Gasteiger partial charge is 0.123 e. The average Bonchev–Trinajstić information content (AvgIpc) is 3.13. The summed E-state index contributed by atoms with van der Waals surface area (Å²) in [7, 11) is 0. The summed E-state index contributed by atoms with van der Waals surface area (Å²) < 4.78 is 6.32. The van der Waals surface area contributed by atoms with Crippen LogP contribution in [-0.4, -0.2) is 6.54 Å². The summed E-state index contributed by atoms with van der Waals surface area (Å²) in [6.07, 6.45) is 9.03. The molecule has 2 heteroatoms. The van der Waals surface area contributed by atoms with Gasteiger partial charge in [-0.25, -0.2) is 0 Å². The second-order valence-corrected chi connectivity index (χ2v) is 10.3. The first-order valence-corrected chi connectivity index (χ1v) is 12.2. The Balaban J connectivity index is 1.40. The van der Waals surface area contributed by atoms with E-state index in [-0.39, 0.29) is 0 Å². The maximum atomic E-state index is 6.32. The van der Waals surface area contributed by atoms with Gasteiger partial charge in [0.15, 0.2) is 0 Å². The van der Waals surface area contributed by atoms with Gasteiger partial charge in [-0.3, -0.25) is 0 Å². The zero-order valence-corrected chi connectivity index (χ0v) is 18.7. The number of hydrogen-bond donors (Lipinski definition) is 1. The second kappa shape index (κ2) is 8.04. The van der Waals surface area contributed by atoms with E-state index in [1.807, 2.05) is 0 Å². The fourth-order valence-corrected chi connectivity index (χ4v) is 7.29. The van der Waals surface area contributed by atoms with Crippen LogP contribution >= 0.6 is 0 Å². The fraction of sp³-hybridized carbons (Fsp3) is 0.571. The van der Waals surface area contributed by atoms with Crippen molar-refractivity contribution >= 4 is 0 Å². The normalized spacial score (nSPS) is 32.2. The van der Waals surface area contributed by atoms with Crippen molar-refractivity contribution in [1.82, 2.24) is 0 Å². The van der Waals surface area contributed by atoms with Crippen LogP contribution in [0.25, 0.3) is 0 Å². The van der Waals surface area contributed by atoms with Gasteiger partial charge in [-0.15, -0.1) is 0 Å². The van der Waals surface area contributed by atoms with Crippen molar-refractivity contribution in [2.75, 3.05) is 6.54 Å². The molecule has 0 spiro atoms. The van der Waals surface area contributed by atoms with Gasteiger partial charge in [0.05, 0.1) is 0 Å². The van der Waals surface area contributed by atoms with Gasteiger partial charge in [0, 0.05) is 0 Å². The fourth-order valence-electron chi connectivity index (χ4n) is 7.29. The molecule has 2 aromatic carbocycles. The van der Waals surface area contributed by atoms with E-state index in [0.717, 1.165) is 42.4 Å². The van der Waals surface area contributed by atoms with Crippen molar-refractivity contribution < 1.29 is 4.74 Å². The summed E-state index contributed by atoms with van der Waals surface area (Å²) in [5.74, 6) is 4.32. The van der Waals surface area contributed by atoms with Gasteiger partial charge >= 0.3 is 0 Å². The van der Waals surface area contributed by atoms with Crippen LogP contribution in [0.4, 0.5) is 0 Å².